The van der Waals surface area contributed by atoms with Crippen molar-refractivity contribution in [3.8, 4) is 0 Å². The Bertz CT molecular complexity index is 419. The van der Waals surface area contributed by atoms with Gasteiger partial charge in [-0.3, -0.25) is 9.59 Å². The molecule has 20 heavy (non-hydrogen) atoms. The largest absolute Gasteiger partial charge is 0.469 e. The zero-order chi connectivity index (χ0) is 14.8. The number of benzene rings is 1. The van der Waals surface area contributed by atoms with Gasteiger partial charge in [-0.2, -0.15) is 0 Å². The van der Waals surface area contributed by atoms with E-state index in [0.717, 1.165) is 5.56 Å². The van der Waals surface area contributed by atoms with Gasteiger partial charge in [0, 0.05) is 20.2 Å². The normalized spacial score (nSPS) is 10.1. The number of carbonyl (C=O) groups is 2. The first-order valence-corrected chi connectivity index (χ1v) is 6.54. The Hall–Kier alpha value is -1.88. The minimum Gasteiger partial charge on any atom is -0.469 e. The van der Waals surface area contributed by atoms with Crippen molar-refractivity contribution < 1.29 is 19.1 Å². The molecule has 0 saturated heterocycles. The van der Waals surface area contributed by atoms with E-state index < -0.39 is 0 Å². The van der Waals surface area contributed by atoms with E-state index in [0.29, 0.717) is 26.1 Å². The highest BCUT2D eigenvalue weighted by Gasteiger charge is 2.15. The molecule has 0 bridgehead atoms. The molecule has 0 fully saturated rings. The summed E-state index contributed by atoms with van der Waals surface area (Å²) >= 11 is 0. The summed E-state index contributed by atoms with van der Waals surface area (Å²) in [5.41, 5.74) is 0.956. The summed E-state index contributed by atoms with van der Waals surface area (Å²) in [5, 5.41) is 0. The lowest BCUT2D eigenvalue weighted by molar-refractivity contribution is -0.141. The van der Waals surface area contributed by atoms with E-state index in [9.17, 15) is 9.59 Å². The number of nitrogens with zero attached hydrogens (tertiary/aromatic N) is 1. The number of carbonyl (C=O) groups excluding carboxylic acids is 2. The minimum atomic E-state index is -0.320. The van der Waals surface area contributed by atoms with Gasteiger partial charge >= 0.3 is 5.97 Å². The molecule has 5 heteroatoms. The first-order chi connectivity index (χ1) is 9.67. The topological polar surface area (TPSA) is 55.8 Å². The number of hydrogen-bond donors (Lipinski definition) is 0. The standard InChI is InChI=1S/C15H21NO4/c1-19-11-10-16(9-8-15(18)20-2)14(17)12-13-6-4-3-5-7-13/h3-7H,8-12H2,1-2H3. The molecule has 0 N–H and O–H groups in total. The van der Waals surface area contributed by atoms with Gasteiger partial charge < -0.3 is 14.4 Å². The molecule has 0 atom stereocenters. The Morgan fingerprint density at radius 2 is 1.80 bits per heavy atom. The molecule has 0 aliphatic heterocycles. The van der Waals surface area contributed by atoms with Crippen LogP contribution in [0.1, 0.15) is 12.0 Å². The van der Waals surface area contributed by atoms with E-state index >= 15 is 0 Å². The van der Waals surface area contributed by atoms with E-state index in [1.807, 2.05) is 30.3 Å². The number of ether oxygens (including phenoxy) is 2. The smallest absolute Gasteiger partial charge is 0.307 e. The zero-order valence-corrected chi connectivity index (χ0v) is 12.0. The molecular formula is C15H21NO4. The van der Waals surface area contributed by atoms with Crippen LogP contribution >= 0.6 is 0 Å². The van der Waals surface area contributed by atoms with Crippen LogP contribution in [0.3, 0.4) is 0 Å². The van der Waals surface area contributed by atoms with E-state index in [1.54, 1.807) is 12.0 Å². The van der Waals surface area contributed by atoms with E-state index in [-0.39, 0.29) is 18.3 Å². The molecule has 0 aliphatic rings. The number of esters is 1. The molecule has 0 unspecified atom stereocenters. The maximum Gasteiger partial charge on any atom is 0.307 e. The van der Waals surface area contributed by atoms with Gasteiger partial charge in [-0.25, -0.2) is 0 Å². The zero-order valence-electron chi connectivity index (χ0n) is 12.0. The lowest BCUT2D eigenvalue weighted by Gasteiger charge is -2.22. The molecule has 0 radical (unpaired) electrons. The number of amides is 1. The van der Waals surface area contributed by atoms with Crippen LogP contribution in [-0.2, 0) is 25.5 Å². The van der Waals surface area contributed by atoms with Gasteiger partial charge in [-0.05, 0) is 5.56 Å². The van der Waals surface area contributed by atoms with Crippen LogP contribution in [0.25, 0.3) is 0 Å². The summed E-state index contributed by atoms with van der Waals surface area (Å²) in [6, 6.07) is 9.53. The van der Waals surface area contributed by atoms with Crippen LogP contribution in [0.4, 0.5) is 0 Å². The van der Waals surface area contributed by atoms with Crippen LogP contribution in [0.5, 0.6) is 0 Å². The second kappa shape index (κ2) is 9.09. The molecule has 0 aromatic heterocycles. The molecule has 110 valence electrons. The quantitative estimate of drug-likeness (QED) is 0.672. The molecule has 1 amide bonds. The fourth-order valence-electron chi connectivity index (χ4n) is 1.77. The lowest BCUT2D eigenvalue weighted by Crippen LogP contribution is -2.36. The van der Waals surface area contributed by atoms with Crippen molar-refractivity contribution in [3.63, 3.8) is 0 Å². The van der Waals surface area contributed by atoms with Crippen LogP contribution in [0, 0.1) is 0 Å². The lowest BCUT2D eigenvalue weighted by atomic mass is 10.1. The van der Waals surface area contributed by atoms with Crippen LogP contribution in [0.2, 0.25) is 0 Å². The number of methoxy groups -OCH3 is 2. The number of hydrogen-bond acceptors (Lipinski definition) is 4. The Kier molecular flexibility index (Phi) is 7.35. The van der Waals surface area contributed by atoms with Gasteiger partial charge in [0.2, 0.25) is 5.91 Å². The van der Waals surface area contributed by atoms with Crippen molar-refractivity contribution in [3.05, 3.63) is 35.9 Å². The molecular weight excluding hydrogens is 258 g/mol. The highest BCUT2D eigenvalue weighted by atomic mass is 16.5. The third-order valence-electron chi connectivity index (χ3n) is 2.93. The van der Waals surface area contributed by atoms with Crippen LogP contribution in [0.15, 0.2) is 30.3 Å². The molecule has 1 aromatic carbocycles. The van der Waals surface area contributed by atoms with Gasteiger partial charge in [0.15, 0.2) is 0 Å². The summed E-state index contributed by atoms with van der Waals surface area (Å²) in [7, 11) is 2.92. The number of rotatable bonds is 8. The highest BCUT2D eigenvalue weighted by molar-refractivity contribution is 5.79. The van der Waals surface area contributed by atoms with Crippen molar-refractivity contribution in [2.75, 3.05) is 33.9 Å². The predicted molar refractivity (Wildman–Crippen MR) is 75.2 cm³/mol. The Morgan fingerprint density at radius 3 is 2.40 bits per heavy atom. The molecule has 0 aliphatic carbocycles. The second-order valence-electron chi connectivity index (χ2n) is 4.36. The maximum absolute atomic E-state index is 12.2. The molecule has 1 aromatic rings. The Morgan fingerprint density at radius 1 is 1.10 bits per heavy atom. The summed E-state index contributed by atoms with van der Waals surface area (Å²) in [4.78, 5) is 25.0. The fourth-order valence-corrected chi connectivity index (χ4v) is 1.77. The average Bonchev–Trinajstić information content (AvgIpc) is 2.47. The Labute approximate surface area is 119 Å². The average molecular weight is 279 g/mol. The van der Waals surface area contributed by atoms with Gasteiger partial charge in [0.1, 0.15) is 0 Å². The van der Waals surface area contributed by atoms with Crippen LogP contribution < -0.4 is 0 Å². The van der Waals surface area contributed by atoms with Crippen molar-refractivity contribution in [2.24, 2.45) is 0 Å². The van der Waals surface area contributed by atoms with Crippen molar-refractivity contribution in [1.29, 1.82) is 0 Å². The third kappa shape index (κ3) is 5.84. The van der Waals surface area contributed by atoms with E-state index in [2.05, 4.69) is 4.74 Å². The Balaban J connectivity index is 2.56. The van der Waals surface area contributed by atoms with Crippen molar-refractivity contribution >= 4 is 11.9 Å². The summed E-state index contributed by atoms with van der Waals surface area (Å²) in [6.45, 7) is 1.27. The van der Waals surface area contributed by atoms with Gasteiger partial charge in [0.05, 0.1) is 26.6 Å². The van der Waals surface area contributed by atoms with E-state index in [4.69, 9.17) is 4.74 Å². The first-order valence-electron chi connectivity index (χ1n) is 6.54. The van der Waals surface area contributed by atoms with Crippen molar-refractivity contribution in [2.45, 2.75) is 12.8 Å². The first kappa shape index (κ1) is 16.2. The van der Waals surface area contributed by atoms with E-state index in [1.165, 1.54) is 7.11 Å². The van der Waals surface area contributed by atoms with Gasteiger partial charge in [-0.1, -0.05) is 30.3 Å². The summed E-state index contributed by atoms with van der Waals surface area (Å²) in [6.07, 6.45) is 0.520. The molecule has 0 saturated carbocycles. The fraction of sp³-hybridized carbons (Fsp3) is 0.467. The second-order valence-corrected chi connectivity index (χ2v) is 4.36. The predicted octanol–water partition coefficient (Wildman–Crippen LogP) is 1.27. The monoisotopic (exact) mass is 279 g/mol. The SMILES string of the molecule is COCCN(CCC(=O)OC)C(=O)Cc1ccccc1. The molecule has 1 rings (SSSR count). The van der Waals surface area contributed by atoms with Gasteiger partial charge in [0.25, 0.3) is 0 Å². The minimum absolute atomic E-state index is 0.0165. The summed E-state index contributed by atoms with van der Waals surface area (Å²) < 4.78 is 9.59. The summed E-state index contributed by atoms with van der Waals surface area (Å²) in [5.74, 6) is -0.336. The third-order valence-corrected chi connectivity index (χ3v) is 2.93. The maximum atomic E-state index is 12.2. The van der Waals surface area contributed by atoms with Gasteiger partial charge in [-0.15, -0.1) is 0 Å². The van der Waals surface area contributed by atoms with Crippen LogP contribution in [-0.4, -0.2) is 50.7 Å². The highest BCUT2D eigenvalue weighted by Crippen LogP contribution is 2.04. The molecule has 5 nitrogen and oxygen atoms in total. The molecule has 0 heterocycles. The van der Waals surface area contributed by atoms with Crippen molar-refractivity contribution in [1.82, 2.24) is 4.90 Å². The molecule has 0 spiro atoms.